The van der Waals surface area contributed by atoms with Crippen molar-refractivity contribution in [2.45, 2.75) is 50.8 Å². The van der Waals surface area contributed by atoms with E-state index in [1.54, 1.807) is 23.2 Å². The number of aliphatic hydroxyl groups is 1. The molecule has 0 spiro atoms. The third-order valence-electron chi connectivity index (χ3n) is 6.00. The van der Waals surface area contributed by atoms with Crippen LogP contribution in [0.1, 0.15) is 44.2 Å². The first-order valence-corrected chi connectivity index (χ1v) is 10.7. The van der Waals surface area contributed by atoms with Gasteiger partial charge in [-0.15, -0.1) is 0 Å². The number of amides is 1. The second-order valence-corrected chi connectivity index (χ2v) is 8.45. The fourth-order valence-corrected chi connectivity index (χ4v) is 4.57. The zero-order valence-corrected chi connectivity index (χ0v) is 17.6. The molecule has 30 heavy (non-hydrogen) atoms. The number of benzene rings is 2. The molecule has 2 aliphatic rings. The maximum Gasteiger partial charge on any atom is 0.268 e. The Hall–Kier alpha value is -2.57. The Bertz CT molecular complexity index is 947. The Morgan fingerprint density at radius 3 is 2.53 bits per heavy atom. The first-order valence-electron chi connectivity index (χ1n) is 10.4. The van der Waals surface area contributed by atoms with Gasteiger partial charge in [0.05, 0.1) is 28.9 Å². The Balaban J connectivity index is 1.67. The Morgan fingerprint density at radius 1 is 1.13 bits per heavy atom. The highest BCUT2D eigenvalue weighted by Crippen LogP contribution is 2.42. The predicted molar refractivity (Wildman–Crippen MR) is 118 cm³/mol. The lowest BCUT2D eigenvalue weighted by Crippen LogP contribution is -2.48. The van der Waals surface area contributed by atoms with E-state index in [0.717, 1.165) is 24.8 Å². The summed E-state index contributed by atoms with van der Waals surface area (Å²) in [5, 5.41) is 29.9. The molecule has 1 fully saturated rings. The van der Waals surface area contributed by atoms with Crippen molar-refractivity contribution in [3.8, 4) is 5.75 Å². The van der Waals surface area contributed by atoms with Crippen LogP contribution in [0.2, 0.25) is 5.02 Å². The maximum absolute atomic E-state index is 13.1. The van der Waals surface area contributed by atoms with E-state index in [4.69, 9.17) is 11.6 Å². The van der Waals surface area contributed by atoms with Gasteiger partial charge in [-0.2, -0.15) is 5.10 Å². The number of carbonyl (C=O) groups is 1. The minimum Gasteiger partial charge on any atom is -0.508 e. The normalized spacial score (nSPS) is 26.4. The zero-order chi connectivity index (χ0) is 21.3. The summed E-state index contributed by atoms with van der Waals surface area (Å²) in [6, 6.07) is 13.8. The summed E-state index contributed by atoms with van der Waals surface area (Å²) in [6.45, 7) is 1.96. The number of phenols is 1. The molecule has 1 heterocycles. The van der Waals surface area contributed by atoms with Gasteiger partial charge in [0.1, 0.15) is 11.5 Å². The van der Waals surface area contributed by atoms with Gasteiger partial charge in [-0.25, -0.2) is 0 Å². The van der Waals surface area contributed by atoms with E-state index in [0.29, 0.717) is 22.8 Å². The molecule has 7 heteroatoms. The number of para-hydroxylation sites is 1. The largest absolute Gasteiger partial charge is 0.508 e. The summed E-state index contributed by atoms with van der Waals surface area (Å²) in [5.41, 5.74) is 2.04. The highest BCUT2D eigenvalue weighted by Gasteiger charge is 2.40. The predicted octanol–water partition coefficient (Wildman–Crippen LogP) is 4.02. The highest BCUT2D eigenvalue weighted by atomic mass is 35.5. The monoisotopic (exact) mass is 427 g/mol. The van der Waals surface area contributed by atoms with Crippen LogP contribution in [-0.2, 0) is 4.79 Å². The van der Waals surface area contributed by atoms with Gasteiger partial charge in [-0.1, -0.05) is 55.6 Å². The lowest BCUT2D eigenvalue weighted by Gasteiger charge is -2.29. The van der Waals surface area contributed by atoms with Crippen molar-refractivity contribution < 1.29 is 15.0 Å². The van der Waals surface area contributed by atoms with Gasteiger partial charge in [0.15, 0.2) is 0 Å². The molecule has 1 saturated carbocycles. The van der Waals surface area contributed by atoms with Gasteiger partial charge in [-0.3, -0.25) is 9.80 Å². The summed E-state index contributed by atoms with van der Waals surface area (Å²) < 4.78 is 0. The molecular formula is C23H26ClN3O3. The van der Waals surface area contributed by atoms with Gasteiger partial charge in [0.2, 0.25) is 0 Å². The number of nitrogens with one attached hydrogen (secondary N) is 1. The van der Waals surface area contributed by atoms with Crippen LogP contribution in [0, 0.1) is 5.92 Å². The smallest absolute Gasteiger partial charge is 0.268 e. The van der Waals surface area contributed by atoms with Crippen molar-refractivity contribution >= 4 is 28.9 Å². The van der Waals surface area contributed by atoms with Crippen LogP contribution < -0.4 is 10.3 Å². The van der Waals surface area contributed by atoms with Crippen molar-refractivity contribution in [1.82, 2.24) is 5.32 Å². The molecule has 1 aliphatic heterocycles. The van der Waals surface area contributed by atoms with Crippen LogP contribution in [0.4, 0.5) is 5.69 Å². The molecule has 0 radical (unpaired) electrons. The minimum atomic E-state index is -0.521. The highest BCUT2D eigenvalue weighted by molar-refractivity contribution is 6.41. The molecule has 2 aromatic carbocycles. The fraction of sp³-hybridized carbons (Fsp3) is 0.391. The quantitative estimate of drug-likeness (QED) is 0.688. The molecule has 4 rings (SSSR count). The molecule has 1 aliphatic carbocycles. The van der Waals surface area contributed by atoms with Gasteiger partial charge in [0.25, 0.3) is 5.91 Å². The minimum absolute atomic E-state index is 0.180. The van der Waals surface area contributed by atoms with Crippen LogP contribution in [-0.4, -0.2) is 34.0 Å². The molecule has 3 N–H and O–H groups in total. The third-order valence-corrected chi connectivity index (χ3v) is 6.32. The molecule has 0 bridgehead atoms. The number of hydrazone groups is 1. The number of phenolic OH excluding ortho intramolecular Hbond substituents is 1. The van der Waals surface area contributed by atoms with Crippen molar-refractivity contribution in [3.63, 3.8) is 0 Å². The molecular weight excluding hydrogens is 402 g/mol. The SMILES string of the molecule is CC1C(C(=O)N[C@H]2CCCC[C@@H]2O)=NN(c2ccccc2Cl)C1c1ccc(O)cc1. The second-order valence-electron chi connectivity index (χ2n) is 8.04. The molecule has 1 amide bonds. The number of halogens is 1. The summed E-state index contributed by atoms with van der Waals surface area (Å²) in [4.78, 5) is 13.1. The maximum atomic E-state index is 13.1. The topological polar surface area (TPSA) is 85.2 Å². The van der Waals surface area contributed by atoms with Crippen molar-refractivity contribution in [3.05, 3.63) is 59.1 Å². The van der Waals surface area contributed by atoms with E-state index in [1.807, 2.05) is 37.3 Å². The molecule has 158 valence electrons. The van der Waals surface area contributed by atoms with Crippen LogP contribution in [0.15, 0.2) is 53.6 Å². The van der Waals surface area contributed by atoms with E-state index < -0.39 is 6.10 Å². The molecule has 4 atom stereocenters. The van der Waals surface area contributed by atoms with E-state index in [9.17, 15) is 15.0 Å². The van der Waals surface area contributed by atoms with Gasteiger partial charge in [0, 0.05) is 5.92 Å². The number of rotatable bonds is 4. The van der Waals surface area contributed by atoms with Crippen LogP contribution in [0.5, 0.6) is 5.75 Å². The Labute approximate surface area is 181 Å². The first kappa shape index (κ1) is 20.7. The molecule has 2 unspecified atom stereocenters. The Morgan fingerprint density at radius 2 is 1.83 bits per heavy atom. The summed E-state index contributed by atoms with van der Waals surface area (Å²) in [6.07, 6.45) is 2.92. The van der Waals surface area contributed by atoms with E-state index in [1.165, 1.54) is 0 Å². The van der Waals surface area contributed by atoms with Crippen LogP contribution in [0.25, 0.3) is 0 Å². The standard InChI is InChI=1S/C23H26ClN3O3/c1-14-21(23(30)25-18-7-3-5-9-20(18)29)26-27(19-8-4-2-6-17(19)24)22(14)15-10-12-16(28)13-11-15/h2,4,6,8,10-14,18,20,22,28-29H,3,5,7,9H2,1H3,(H,25,30)/t14?,18-,20-,22?/m0/s1. The third kappa shape index (κ3) is 4.02. The van der Waals surface area contributed by atoms with Crippen LogP contribution in [0.3, 0.4) is 0 Å². The molecule has 2 aromatic rings. The molecule has 0 aromatic heterocycles. The second kappa shape index (κ2) is 8.66. The van der Waals surface area contributed by atoms with Gasteiger partial charge >= 0.3 is 0 Å². The van der Waals surface area contributed by atoms with Crippen molar-refractivity contribution in [2.24, 2.45) is 11.0 Å². The van der Waals surface area contributed by atoms with E-state index in [2.05, 4.69) is 10.4 Å². The van der Waals surface area contributed by atoms with E-state index >= 15 is 0 Å². The average molecular weight is 428 g/mol. The lowest BCUT2D eigenvalue weighted by molar-refractivity contribution is -0.116. The zero-order valence-electron chi connectivity index (χ0n) is 16.8. The summed E-state index contributed by atoms with van der Waals surface area (Å²) in [5.74, 6) is -0.294. The number of carbonyl (C=O) groups excluding carboxylic acids is 1. The number of aromatic hydroxyl groups is 1. The first-order chi connectivity index (χ1) is 14.5. The molecule has 6 nitrogen and oxygen atoms in total. The number of hydrogen-bond donors (Lipinski definition) is 3. The molecule has 0 saturated heterocycles. The van der Waals surface area contributed by atoms with Gasteiger partial charge in [-0.05, 0) is 42.7 Å². The number of aliphatic hydroxyl groups excluding tert-OH is 1. The lowest BCUT2D eigenvalue weighted by atomic mass is 9.89. The van der Waals surface area contributed by atoms with Crippen molar-refractivity contribution in [1.29, 1.82) is 0 Å². The fourth-order valence-electron chi connectivity index (χ4n) is 4.35. The summed E-state index contributed by atoms with van der Waals surface area (Å²) >= 11 is 6.45. The number of anilines is 1. The van der Waals surface area contributed by atoms with E-state index in [-0.39, 0.29) is 29.7 Å². The number of nitrogens with zero attached hydrogens (tertiary/aromatic N) is 2. The van der Waals surface area contributed by atoms with Crippen LogP contribution >= 0.6 is 11.6 Å². The average Bonchev–Trinajstić information content (AvgIpc) is 3.08. The van der Waals surface area contributed by atoms with Crippen molar-refractivity contribution in [2.75, 3.05) is 5.01 Å². The number of hydrogen-bond acceptors (Lipinski definition) is 5. The van der Waals surface area contributed by atoms with Gasteiger partial charge < -0.3 is 15.5 Å². The Kier molecular flexibility index (Phi) is 5.97. The summed E-state index contributed by atoms with van der Waals surface area (Å²) in [7, 11) is 0.